The van der Waals surface area contributed by atoms with Crippen LogP contribution in [0.25, 0.3) is 27.4 Å². The van der Waals surface area contributed by atoms with E-state index < -0.39 is 0 Å². The SMILES string of the molecule is C1=[NH+]c2ccccc2/C1=C\CC(c1c[nH]c2ccccc12)c1c[nH]c2ccccc12. The number of benzene rings is 3. The van der Waals surface area contributed by atoms with Gasteiger partial charge in [-0.25, -0.2) is 4.99 Å². The van der Waals surface area contributed by atoms with Crippen molar-refractivity contribution in [1.29, 1.82) is 0 Å². The van der Waals surface area contributed by atoms with Crippen LogP contribution in [0.5, 0.6) is 0 Å². The van der Waals surface area contributed by atoms with Crippen LogP contribution in [-0.2, 0) is 0 Å². The van der Waals surface area contributed by atoms with Gasteiger partial charge in [-0.15, -0.1) is 0 Å². The molecule has 0 saturated carbocycles. The molecule has 0 saturated heterocycles. The van der Waals surface area contributed by atoms with E-state index in [1.165, 1.54) is 49.8 Å². The molecule has 3 nitrogen and oxygen atoms in total. The van der Waals surface area contributed by atoms with E-state index in [4.69, 9.17) is 0 Å². The standard InChI is InChI=1S/C27H21N3/c1-4-10-25-19(7-1)18(15-28-25)13-14-20(23-16-29-26-11-5-2-8-21(23)26)24-17-30-27-12-6-3-9-22(24)27/h1-13,15-17,20,29-30H,14H2/p+1/b18-13-. The Morgan fingerprint density at radius 1 is 0.733 bits per heavy atom. The summed E-state index contributed by atoms with van der Waals surface area (Å²) < 4.78 is 0. The van der Waals surface area contributed by atoms with Crippen molar-refractivity contribution in [2.75, 3.05) is 0 Å². The van der Waals surface area contributed by atoms with Crippen LogP contribution in [0.3, 0.4) is 0 Å². The molecule has 3 heterocycles. The molecule has 30 heavy (non-hydrogen) atoms. The van der Waals surface area contributed by atoms with E-state index in [2.05, 4.69) is 112 Å². The van der Waals surface area contributed by atoms with E-state index in [-0.39, 0.29) is 5.92 Å². The Morgan fingerprint density at radius 2 is 1.33 bits per heavy atom. The van der Waals surface area contributed by atoms with Crippen LogP contribution in [0.4, 0.5) is 5.69 Å². The molecule has 3 aromatic carbocycles. The highest BCUT2D eigenvalue weighted by molar-refractivity contribution is 6.11. The van der Waals surface area contributed by atoms with Gasteiger partial charge in [0.25, 0.3) is 0 Å². The maximum atomic E-state index is 3.47. The van der Waals surface area contributed by atoms with Crippen LogP contribution < -0.4 is 4.99 Å². The number of H-pyrrole nitrogens is 2. The molecular formula is C27H22N3+. The lowest BCUT2D eigenvalue weighted by Gasteiger charge is -2.15. The Morgan fingerprint density at radius 3 is 2.03 bits per heavy atom. The molecule has 0 radical (unpaired) electrons. The molecule has 3 N–H and O–H groups in total. The highest BCUT2D eigenvalue weighted by Crippen LogP contribution is 2.38. The highest BCUT2D eigenvalue weighted by atomic mass is 14.8. The van der Waals surface area contributed by atoms with Gasteiger partial charge < -0.3 is 9.97 Å². The monoisotopic (exact) mass is 388 g/mol. The van der Waals surface area contributed by atoms with E-state index >= 15 is 0 Å². The molecule has 0 fully saturated rings. The number of para-hydroxylation sites is 3. The minimum absolute atomic E-state index is 0.256. The van der Waals surface area contributed by atoms with Gasteiger partial charge in [0, 0.05) is 51.8 Å². The van der Waals surface area contributed by atoms with Crippen LogP contribution >= 0.6 is 0 Å². The van der Waals surface area contributed by atoms with Gasteiger partial charge in [-0.1, -0.05) is 54.6 Å². The molecule has 1 aliphatic heterocycles. The van der Waals surface area contributed by atoms with Gasteiger partial charge in [-0.2, -0.15) is 0 Å². The molecule has 144 valence electrons. The average molecular weight is 388 g/mol. The van der Waals surface area contributed by atoms with Crippen molar-refractivity contribution in [3.63, 3.8) is 0 Å². The number of fused-ring (bicyclic) bond motifs is 3. The van der Waals surface area contributed by atoms with Crippen molar-refractivity contribution < 1.29 is 4.99 Å². The quantitative estimate of drug-likeness (QED) is 0.386. The number of aromatic amines is 2. The third-order valence-corrected chi connectivity index (χ3v) is 6.19. The second-order valence-electron chi connectivity index (χ2n) is 7.86. The number of allylic oxidation sites excluding steroid dienone is 2. The molecular weight excluding hydrogens is 366 g/mol. The number of hydrogen-bond acceptors (Lipinski definition) is 0. The molecule has 2 aromatic heterocycles. The molecule has 0 unspecified atom stereocenters. The minimum atomic E-state index is 0.256. The van der Waals surface area contributed by atoms with Gasteiger partial charge in [0.15, 0.2) is 6.21 Å². The Bertz CT molecular complexity index is 1360. The summed E-state index contributed by atoms with van der Waals surface area (Å²) in [5, 5.41) is 2.58. The van der Waals surface area contributed by atoms with Crippen molar-refractivity contribution in [3.05, 3.63) is 108 Å². The lowest BCUT2D eigenvalue weighted by atomic mass is 9.87. The molecule has 0 atom stereocenters. The largest absolute Gasteiger partial charge is 0.361 e. The van der Waals surface area contributed by atoms with E-state index in [1.54, 1.807) is 0 Å². The van der Waals surface area contributed by atoms with Crippen LogP contribution in [0.2, 0.25) is 0 Å². The zero-order valence-corrected chi connectivity index (χ0v) is 16.5. The molecule has 5 aromatic rings. The lowest BCUT2D eigenvalue weighted by molar-refractivity contribution is -0.342. The van der Waals surface area contributed by atoms with Crippen LogP contribution in [0.15, 0.2) is 91.3 Å². The van der Waals surface area contributed by atoms with E-state index in [9.17, 15) is 0 Å². The van der Waals surface area contributed by atoms with Crippen LogP contribution in [-0.4, -0.2) is 16.2 Å². The van der Waals surface area contributed by atoms with Gasteiger partial charge >= 0.3 is 0 Å². The number of nitrogens with one attached hydrogen (secondary N) is 3. The van der Waals surface area contributed by atoms with E-state index in [1.807, 2.05) is 0 Å². The van der Waals surface area contributed by atoms with Crippen LogP contribution in [0, 0.1) is 0 Å². The first kappa shape index (κ1) is 17.0. The second kappa shape index (κ2) is 6.89. The zero-order valence-electron chi connectivity index (χ0n) is 16.5. The van der Waals surface area contributed by atoms with Crippen molar-refractivity contribution in [1.82, 2.24) is 9.97 Å². The predicted octanol–water partition coefficient (Wildman–Crippen LogP) is 5.05. The molecule has 6 rings (SSSR count). The summed E-state index contributed by atoms with van der Waals surface area (Å²) in [5.74, 6) is 0.256. The minimum Gasteiger partial charge on any atom is -0.361 e. The van der Waals surface area contributed by atoms with E-state index in [0.717, 1.165) is 6.42 Å². The summed E-state index contributed by atoms with van der Waals surface area (Å²) in [7, 11) is 0. The highest BCUT2D eigenvalue weighted by Gasteiger charge is 2.22. The summed E-state index contributed by atoms with van der Waals surface area (Å²) in [5.41, 5.74) is 8.76. The summed E-state index contributed by atoms with van der Waals surface area (Å²) in [6, 6.07) is 25.6. The Kier molecular flexibility index (Phi) is 3.91. The summed E-state index contributed by atoms with van der Waals surface area (Å²) in [6.07, 6.45) is 9.77. The molecule has 3 heteroatoms. The predicted molar refractivity (Wildman–Crippen MR) is 124 cm³/mol. The maximum Gasteiger partial charge on any atom is 0.211 e. The normalized spacial score (nSPS) is 14.4. The molecule has 0 spiro atoms. The second-order valence-corrected chi connectivity index (χ2v) is 7.86. The smallest absolute Gasteiger partial charge is 0.211 e. The number of rotatable bonds is 4. The van der Waals surface area contributed by atoms with Crippen molar-refractivity contribution >= 4 is 39.3 Å². The lowest BCUT2D eigenvalue weighted by Crippen LogP contribution is -2.58. The topological polar surface area (TPSA) is 45.5 Å². The third kappa shape index (κ3) is 2.71. The van der Waals surface area contributed by atoms with Crippen molar-refractivity contribution in [3.8, 4) is 0 Å². The van der Waals surface area contributed by atoms with Crippen molar-refractivity contribution in [2.45, 2.75) is 12.3 Å². The average Bonchev–Trinajstić information content (AvgIpc) is 3.52. The first-order valence-electron chi connectivity index (χ1n) is 10.4. The Labute approximate surface area is 174 Å². The van der Waals surface area contributed by atoms with Gasteiger partial charge in [0.1, 0.15) is 0 Å². The molecule has 1 aliphatic rings. The van der Waals surface area contributed by atoms with Gasteiger partial charge in [-0.3, -0.25) is 0 Å². The fourth-order valence-corrected chi connectivity index (χ4v) is 4.69. The van der Waals surface area contributed by atoms with Crippen LogP contribution in [0.1, 0.15) is 29.0 Å². The van der Waals surface area contributed by atoms with Gasteiger partial charge in [0.2, 0.25) is 5.69 Å². The van der Waals surface area contributed by atoms with Gasteiger partial charge in [0.05, 0.1) is 5.56 Å². The molecule has 0 aliphatic carbocycles. The third-order valence-electron chi connectivity index (χ3n) is 6.19. The molecule has 0 amide bonds. The van der Waals surface area contributed by atoms with Crippen molar-refractivity contribution in [2.24, 2.45) is 0 Å². The number of hydrogen-bond donors (Lipinski definition) is 3. The Hall–Kier alpha value is -3.85. The summed E-state index contributed by atoms with van der Waals surface area (Å²) in [6.45, 7) is 0. The first-order valence-corrected chi connectivity index (χ1v) is 10.4. The van der Waals surface area contributed by atoms with Gasteiger partial charge in [-0.05, 0) is 35.7 Å². The summed E-state index contributed by atoms with van der Waals surface area (Å²) in [4.78, 5) is 10.3. The summed E-state index contributed by atoms with van der Waals surface area (Å²) >= 11 is 0. The zero-order chi connectivity index (χ0) is 19.9. The number of aromatic nitrogens is 2. The molecule has 0 bridgehead atoms. The fraction of sp³-hybridized carbons (Fsp3) is 0.0741. The Balaban J connectivity index is 1.48. The first-order chi connectivity index (χ1) is 14.9. The maximum absolute atomic E-state index is 3.47. The fourth-order valence-electron chi connectivity index (χ4n) is 4.69. The van der Waals surface area contributed by atoms with E-state index in [0.29, 0.717) is 0 Å².